The van der Waals surface area contributed by atoms with Crippen molar-refractivity contribution in [1.82, 2.24) is 9.78 Å². The second kappa shape index (κ2) is 5.76. The highest BCUT2D eigenvalue weighted by Crippen LogP contribution is 2.22. The molecule has 0 aromatic carbocycles. The van der Waals surface area contributed by atoms with Crippen LogP contribution in [0.15, 0.2) is 0 Å². The van der Waals surface area contributed by atoms with Crippen LogP contribution < -0.4 is 0 Å². The van der Waals surface area contributed by atoms with Crippen LogP contribution in [0, 0.1) is 6.92 Å². The highest BCUT2D eigenvalue weighted by atomic mass is 35.5. The van der Waals surface area contributed by atoms with Crippen molar-refractivity contribution in [3.05, 3.63) is 16.4 Å². The van der Waals surface area contributed by atoms with Crippen LogP contribution in [0.5, 0.6) is 0 Å². The van der Waals surface area contributed by atoms with Gasteiger partial charge < -0.3 is 0 Å². The minimum atomic E-state index is 0.290. The summed E-state index contributed by atoms with van der Waals surface area (Å²) in [5.74, 6) is 0. The fourth-order valence-electron chi connectivity index (χ4n) is 1.65. The molecule has 1 rings (SSSR count). The maximum Gasteiger partial charge on any atom is 0.0846 e. The van der Waals surface area contributed by atoms with Crippen molar-refractivity contribution in [2.24, 2.45) is 7.05 Å². The van der Waals surface area contributed by atoms with E-state index in [4.69, 9.17) is 23.2 Å². The number of halogens is 2. The fraction of sp³-hybridized carbons (Fsp3) is 0.727. The summed E-state index contributed by atoms with van der Waals surface area (Å²) in [6.45, 7) is 4.04. The second-order valence-electron chi connectivity index (χ2n) is 3.87. The van der Waals surface area contributed by atoms with Crippen LogP contribution in [0.4, 0.5) is 0 Å². The molecule has 86 valence electrons. The number of rotatable bonds is 5. The lowest BCUT2D eigenvalue weighted by molar-refractivity contribution is 0.634. The van der Waals surface area contributed by atoms with Crippen molar-refractivity contribution in [3.8, 4) is 0 Å². The second-order valence-corrected chi connectivity index (χ2v) is 4.86. The van der Waals surface area contributed by atoms with E-state index in [9.17, 15) is 0 Å². The van der Waals surface area contributed by atoms with Gasteiger partial charge in [-0.2, -0.15) is 5.10 Å². The summed E-state index contributed by atoms with van der Waals surface area (Å²) in [6, 6.07) is 0. The van der Waals surface area contributed by atoms with Gasteiger partial charge in [-0.1, -0.05) is 18.5 Å². The molecule has 0 fully saturated rings. The van der Waals surface area contributed by atoms with E-state index in [2.05, 4.69) is 12.0 Å². The van der Waals surface area contributed by atoms with Crippen LogP contribution in [0.3, 0.4) is 0 Å². The number of nitrogens with zero attached hydrogens (tertiary/aromatic N) is 2. The monoisotopic (exact) mass is 248 g/mol. The Morgan fingerprint density at radius 3 is 2.60 bits per heavy atom. The van der Waals surface area contributed by atoms with Crippen molar-refractivity contribution < 1.29 is 0 Å². The Balaban J connectivity index is 2.50. The molecule has 0 radical (unpaired) electrons. The third-order valence-electron chi connectivity index (χ3n) is 2.64. The van der Waals surface area contributed by atoms with Gasteiger partial charge in [-0.05, 0) is 32.6 Å². The third kappa shape index (κ3) is 3.39. The van der Waals surface area contributed by atoms with Crippen LogP contribution in [0.1, 0.15) is 37.6 Å². The molecule has 0 aliphatic heterocycles. The van der Waals surface area contributed by atoms with Gasteiger partial charge in [0.2, 0.25) is 0 Å². The normalized spacial score (nSPS) is 13.1. The molecule has 0 saturated carbocycles. The average Bonchev–Trinajstić information content (AvgIpc) is 2.44. The third-order valence-corrected chi connectivity index (χ3v) is 3.65. The predicted molar refractivity (Wildman–Crippen MR) is 65.8 cm³/mol. The molecule has 0 spiro atoms. The molecule has 0 saturated heterocycles. The van der Waals surface area contributed by atoms with Crippen molar-refractivity contribution in [2.45, 2.75) is 44.9 Å². The quantitative estimate of drug-likeness (QED) is 0.727. The van der Waals surface area contributed by atoms with Gasteiger partial charge in [0.05, 0.1) is 16.4 Å². The first kappa shape index (κ1) is 12.9. The Morgan fingerprint density at radius 1 is 1.47 bits per heavy atom. The number of aryl methyl sites for hydroxylation is 2. The highest BCUT2D eigenvalue weighted by molar-refractivity contribution is 6.31. The van der Waals surface area contributed by atoms with Crippen LogP contribution in [0.2, 0.25) is 5.02 Å². The summed E-state index contributed by atoms with van der Waals surface area (Å²) in [5.41, 5.74) is 2.03. The molecular weight excluding hydrogens is 231 g/mol. The molecule has 2 nitrogen and oxygen atoms in total. The van der Waals surface area contributed by atoms with Gasteiger partial charge in [0, 0.05) is 12.4 Å². The first-order valence-corrected chi connectivity index (χ1v) is 6.19. The molecule has 1 atom stereocenters. The molecule has 1 unspecified atom stereocenters. The van der Waals surface area contributed by atoms with E-state index in [1.807, 2.05) is 18.7 Å². The lowest BCUT2D eigenvalue weighted by atomic mass is 10.1. The molecule has 15 heavy (non-hydrogen) atoms. The SMILES string of the molecule is CCC(Cl)CCCc1c(Cl)c(C)nn1C. The van der Waals surface area contributed by atoms with Crippen molar-refractivity contribution in [3.63, 3.8) is 0 Å². The van der Waals surface area contributed by atoms with Gasteiger partial charge in [-0.3, -0.25) is 4.68 Å². The summed E-state index contributed by atoms with van der Waals surface area (Å²) < 4.78 is 1.87. The zero-order valence-corrected chi connectivity index (χ0v) is 11.1. The smallest absolute Gasteiger partial charge is 0.0846 e. The summed E-state index contributed by atoms with van der Waals surface area (Å²) in [5, 5.41) is 5.38. The molecule has 0 aliphatic carbocycles. The van der Waals surface area contributed by atoms with Crippen molar-refractivity contribution >= 4 is 23.2 Å². The minimum Gasteiger partial charge on any atom is -0.271 e. The zero-order valence-electron chi connectivity index (χ0n) is 9.56. The minimum absolute atomic E-state index is 0.290. The topological polar surface area (TPSA) is 17.8 Å². The molecule has 0 N–H and O–H groups in total. The maximum absolute atomic E-state index is 6.15. The largest absolute Gasteiger partial charge is 0.271 e. The van der Waals surface area contributed by atoms with Gasteiger partial charge in [-0.15, -0.1) is 11.6 Å². The first-order valence-electron chi connectivity index (χ1n) is 5.38. The van der Waals surface area contributed by atoms with Crippen LogP contribution in [0.25, 0.3) is 0 Å². The van der Waals surface area contributed by atoms with E-state index >= 15 is 0 Å². The van der Waals surface area contributed by atoms with Gasteiger partial charge in [-0.25, -0.2) is 0 Å². The molecule has 1 aromatic heterocycles. The van der Waals surface area contributed by atoms with Crippen molar-refractivity contribution in [1.29, 1.82) is 0 Å². The Bertz CT molecular complexity index is 321. The van der Waals surface area contributed by atoms with E-state index in [1.165, 1.54) is 0 Å². The fourth-order valence-corrected chi connectivity index (χ4v) is 2.06. The van der Waals surface area contributed by atoms with Crippen LogP contribution >= 0.6 is 23.2 Å². The summed E-state index contributed by atoms with van der Waals surface area (Å²) in [7, 11) is 1.94. The Hall–Kier alpha value is -0.210. The van der Waals surface area contributed by atoms with Gasteiger partial charge in [0.1, 0.15) is 0 Å². The van der Waals surface area contributed by atoms with Gasteiger partial charge in [0.25, 0.3) is 0 Å². The van der Waals surface area contributed by atoms with Gasteiger partial charge in [0.15, 0.2) is 0 Å². The summed E-state index contributed by atoms with van der Waals surface area (Å²) >= 11 is 12.2. The van der Waals surface area contributed by atoms with E-state index in [1.54, 1.807) is 0 Å². The molecule has 0 aliphatic rings. The maximum atomic E-state index is 6.15. The number of aromatic nitrogens is 2. The Labute approximate surface area is 102 Å². The highest BCUT2D eigenvalue weighted by Gasteiger charge is 2.11. The van der Waals surface area contributed by atoms with Crippen molar-refractivity contribution in [2.75, 3.05) is 0 Å². The van der Waals surface area contributed by atoms with E-state index < -0.39 is 0 Å². The zero-order chi connectivity index (χ0) is 11.4. The molecule has 0 bridgehead atoms. The Kier molecular flexibility index (Phi) is 4.94. The molecule has 0 amide bonds. The van der Waals surface area contributed by atoms with Crippen LogP contribution in [-0.4, -0.2) is 15.2 Å². The van der Waals surface area contributed by atoms with Crippen LogP contribution in [-0.2, 0) is 13.5 Å². The number of hydrogen-bond donors (Lipinski definition) is 0. The average molecular weight is 249 g/mol. The van der Waals surface area contributed by atoms with E-state index in [-0.39, 0.29) is 5.38 Å². The molecule has 1 aromatic rings. The van der Waals surface area contributed by atoms with Gasteiger partial charge >= 0.3 is 0 Å². The number of hydrogen-bond acceptors (Lipinski definition) is 1. The molecule has 4 heteroatoms. The summed E-state index contributed by atoms with van der Waals surface area (Å²) in [4.78, 5) is 0. The first-order chi connectivity index (χ1) is 7.06. The Morgan fingerprint density at radius 2 is 2.13 bits per heavy atom. The predicted octanol–water partition coefficient (Wildman–Crippen LogP) is 3.72. The lowest BCUT2D eigenvalue weighted by Gasteiger charge is -2.06. The standard InChI is InChI=1S/C11H18Cl2N2/c1-4-9(12)6-5-7-10-11(13)8(2)14-15(10)3/h9H,4-7H2,1-3H3. The molecular formula is C11H18Cl2N2. The lowest BCUT2D eigenvalue weighted by Crippen LogP contribution is -2.01. The molecule has 1 heterocycles. The van der Waals surface area contributed by atoms with E-state index in [0.29, 0.717) is 0 Å². The summed E-state index contributed by atoms with van der Waals surface area (Å²) in [6.07, 6.45) is 4.10. The van der Waals surface area contributed by atoms with E-state index in [0.717, 1.165) is 42.1 Å². The number of alkyl halides is 1.